The molecule has 0 N–H and O–H groups in total. The van der Waals surface area contributed by atoms with Crippen molar-refractivity contribution in [1.29, 1.82) is 0 Å². The fourth-order valence-electron chi connectivity index (χ4n) is 1.13. The third-order valence-corrected chi connectivity index (χ3v) is 2.47. The summed E-state index contributed by atoms with van der Waals surface area (Å²) < 4.78 is 24.9. The molecular formula is C10H9BrF2O. The second kappa shape index (κ2) is 4.64. The van der Waals surface area contributed by atoms with Gasteiger partial charge in [0, 0.05) is 11.1 Å². The van der Waals surface area contributed by atoms with E-state index in [1.165, 1.54) is 12.1 Å². The van der Waals surface area contributed by atoms with Crippen molar-refractivity contribution in [3.63, 3.8) is 0 Å². The molecule has 0 fully saturated rings. The zero-order valence-electron chi connectivity index (χ0n) is 7.56. The van der Waals surface area contributed by atoms with Gasteiger partial charge in [-0.15, -0.1) is 0 Å². The minimum absolute atomic E-state index is 0.0724. The van der Waals surface area contributed by atoms with Crippen molar-refractivity contribution >= 4 is 21.7 Å². The molecule has 0 aliphatic heterocycles. The molecule has 0 aliphatic rings. The lowest BCUT2D eigenvalue weighted by Crippen LogP contribution is -2.02. The SMILES string of the molecule is Cc1ccc(C(=O)CBr)cc1C(F)F. The molecule has 0 radical (unpaired) electrons. The van der Waals surface area contributed by atoms with Crippen LogP contribution in [0.1, 0.15) is 27.9 Å². The molecule has 0 aliphatic carbocycles. The number of carbonyl (C=O) groups excluding carboxylic acids is 1. The Morgan fingerprint density at radius 2 is 2.14 bits per heavy atom. The molecule has 1 aromatic carbocycles. The standard InChI is InChI=1S/C10H9BrF2O/c1-6-2-3-7(9(14)5-11)4-8(6)10(12)13/h2-4,10H,5H2,1H3. The lowest BCUT2D eigenvalue weighted by molar-refractivity contribution is 0.102. The third-order valence-electron chi connectivity index (χ3n) is 1.96. The van der Waals surface area contributed by atoms with Gasteiger partial charge in [0.2, 0.25) is 0 Å². The number of rotatable bonds is 3. The fraction of sp³-hybridized carbons (Fsp3) is 0.300. The Balaban J connectivity index is 3.13. The maximum absolute atomic E-state index is 12.5. The smallest absolute Gasteiger partial charge is 0.264 e. The molecule has 14 heavy (non-hydrogen) atoms. The highest BCUT2D eigenvalue weighted by Crippen LogP contribution is 2.23. The molecular weight excluding hydrogens is 254 g/mol. The summed E-state index contributed by atoms with van der Waals surface area (Å²) in [6, 6.07) is 4.35. The lowest BCUT2D eigenvalue weighted by Gasteiger charge is -2.06. The summed E-state index contributed by atoms with van der Waals surface area (Å²) in [5.74, 6) is -0.188. The van der Waals surface area contributed by atoms with Gasteiger partial charge in [-0.05, 0) is 18.6 Å². The van der Waals surface area contributed by atoms with E-state index < -0.39 is 6.43 Å². The average molecular weight is 263 g/mol. The molecule has 76 valence electrons. The topological polar surface area (TPSA) is 17.1 Å². The van der Waals surface area contributed by atoms with Gasteiger partial charge in [0.05, 0.1) is 5.33 Å². The average Bonchev–Trinajstić information content (AvgIpc) is 2.17. The number of aryl methyl sites for hydroxylation is 1. The van der Waals surface area contributed by atoms with Crippen molar-refractivity contribution in [2.24, 2.45) is 0 Å². The minimum atomic E-state index is -2.53. The summed E-state index contributed by atoms with van der Waals surface area (Å²) in [5, 5.41) is 0.152. The predicted octanol–water partition coefficient (Wildman–Crippen LogP) is 3.51. The highest BCUT2D eigenvalue weighted by molar-refractivity contribution is 9.09. The van der Waals surface area contributed by atoms with Crippen molar-refractivity contribution in [3.05, 3.63) is 34.9 Å². The summed E-state index contributed by atoms with van der Waals surface area (Å²) in [4.78, 5) is 11.2. The van der Waals surface area contributed by atoms with Crippen LogP contribution in [-0.4, -0.2) is 11.1 Å². The first-order chi connectivity index (χ1) is 6.56. The Morgan fingerprint density at radius 3 is 2.64 bits per heavy atom. The van der Waals surface area contributed by atoms with Crippen molar-refractivity contribution in [2.75, 3.05) is 5.33 Å². The van der Waals surface area contributed by atoms with Crippen LogP contribution in [-0.2, 0) is 0 Å². The summed E-state index contributed by atoms with van der Waals surface area (Å²) in [6.45, 7) is 1.60. The molecule has 0 amide bonds. The van der Waals surface area contributed by atoms with Gasteiger partial charge in [0.25, 0.3) is 6.43 Å². The van der Waals surface area contributed by atoms with Crippen LogP contribution in [0, 0.1) is 6.92 Å². The Morgan fingerprint density at radius 1 is 1.50 bits per heavy atom. The number of hydrogen-bond donors (Lipinski definition) is 0. The van der Waals surface area contributed by atoms with Crippen molar-refractivity contribution in [3.8, 4) is 0 Å². The normalized spacial score (nSPS) is 10.6. The molecule has 1 nitrogen and oxygen atoms in total. The van der Waals surface area contributed by atoms with Gasteiger partial charge in [-0.1, -0.05) is 28.1 Å². The van der Waals surface area contributed by atoms with Crippen molar-refractivity contribution in [2.45, 2.75) is 13.3 Å². The van der Waals surface area contributed by atoms with E-state index in [2.05, 4.69) is 15.9 Å². The monoisotopic (exact) mass is 262 g/mol. The predicted molar refractivity (Wildman–Crippen MR) is 54.3 cm³/mol. The van der Waals surface area contributed by atoms with E-state index in [1.807, 2.05) is 0 Å². The van der Waals surface area contributed by atoms with Crippen LogP contribution in [0.2, 0.25) is 0 Å². The van der Waals surface area contributed by atoms with Crippen LogP contribution in [0.25, 0.3) is 0 Å². The van der Waals surface area contributed by atoms with E-state index in [-0.39, 0.29) is 16.7 Å². The number of benzene rings is 1. The first-order valence-electron chi connectivity index (χ1n) is 4.04. The summed E-state index contributed by atoms with van der Waals surface area (Å²) in [6.07, 6.45) is -2.53. The number of ketones is 1. The first kappa shape index (κ1) is 11.3. The highest BCUT2D eigenvalue weighted by Gasteiger charge is 2.13. The zero-order valence-corrected chi connectivity index (χ0v) is 9.14. The van der Waals surface area contributed by atoms with Gasteiger partial charge >= 0.3 is 0 Å². The highest BCUT2D eigenvalue weighted by atomic mass is 79.9. The van der Waals surface area contributed by atoms with Gasteiger partial charge in [-0.2, -0.15) is 0 Å². The largest absolute Gasteiger partial charge is 0.293 e. The molecule has 1 rings (SSSR count). The number of halogens is 3. The Bertz CT molecular complexity index is 350. The Hall–Kier alpha value is -0.770. The second-order valence-electron chi connectivity index (χ2n) is 2.93. The molecule has 0 spiro atoms. The molecule has 0 unspecified atom stereocenters. The molecule has 0 aromatic heterocycles. The molecule has 0 bridgehead atoms. The lowest BCUT2D eigenvalue weighted by atomic mass is 10.0. The molecule has 0 saturated heterocycles. The fourth-order valence-corrected chi connectivity index (χ4v) is 1.45. The van der Waals surface area contributed by atoms with Crippen LogP contribution >= 0.6 is 15.9 Å². The maximum Gasteiger partial charge on any atom is 0.264 e. The van der Waals surface area contributed by atoms with E-state index in [9.17, 15) is 13.6 Å². The van der Waals surface area contributed by atoms with Crippen molar-refractivity contribution < 1.29 is 13.6 Å². The Labute approximate surface area is 89.3 Å². The van der Waals surface area contributed by atoms with Crippen LogP contribution in [0.3, 0.4) is 0 Å². The molecule has 0 heterocycles. The zero-order chi connectivity index (χ0) is 10.7. The van der Waals surface area contributed by atoms with E-state index in [1.54, 1.807) is 13.0 Å². The van der Waals surface area contributed by atoms with Gasteiger partial charge < -0.3 is 0 Å². The minimum Gasteiger partial charge on any atom is -0.293 e. The van der Waals surface area contributed by atoms with Gasteiger partial charge in [0.1, 0.15) is 0 Å². The van der Waals surface area contributed by atoms with Gasteiger partial charge in [0.15, 0.2) is 5.78 Å². The number of alkyl halides is 3. The van der Waals surface area contributed by atoms with Crippen LogP contribution in [0.15, 0.2) is 18.2 Å². The third kappa shape index (κ3) is 2.38. The Kier molecular flexibility index (Phi) is 3.75. The summed E-state index contributed by atoms with van der Waals surface area (Å²) in [7, 11) is 0. The van der Waals surface area contributed by atoms with Gasteiger partial charge in [-0.25, -0.2) is 8.78 Å². The maximum atomic E-state index is 12.5. The first-order valence-corrected chi connectivity index (χ1v) is 5.16. The van der Waals surface area contributed by atoms with E-state index in [4.69, 9.17) is 0 Å². The molecule has 0 saturated carbocycles. The van der Waals surface area contributed by atoms with Gasteiger partial charge in [-0.3, -0.25) is 4.79 Å². The quantitative estimate of drug-likeness (QED) is 0.602. The summed E-state index contributed by atoms with van der Waals surface area (Å²) >= 11 is 2.99. The number of carbonyl (C=O) groups is 1. The summed E-state index contributed by atoms with van der Waals surface area (Å²) in [5.41, 5.74) is 0.755. The van der Waals surface area contributed by atoms with Crippen LogP contribution in [0.5, 0.6) is 0 Å². The van der Waals surface area contributed by atoms with E-state index >= 15 is 0 Å². The molecule has 1 aromatic rings. The number of hydrogen-bond acceptors (Lipinski definition) is 1. The number of Topliss-reactive ketones (excluding diaryl/α,β-unsaturated/α-hetero) is 1. The molecule has 0 atom stereocenters. The van der Waals surface area contributed by atoms with Crippen LogP contribution < -0.4 is 0 Å². The van der Waals surface area contributed by atoms with Crippen molar-refractivity contribution in [1.82, 2.24) is 0 Å². The van der Waals surface area contributed by atoms with Crippen LogP contribution in [0.4, 0.5) is 8.78 Å². The van der Waals surface area contributed by atoms with E-state index in [0.717, 1.165) is 0 Å². The second-order valence-corrected chi connectivity index (χ2v) is 3.49. The van der Waals surface area contributed by atoms with E-state index in [0.29, 0.717) is 11.1 Å². The molecule has 4 heteroatoms.